The topological polar surface area (TPSA) is 38.0 Å². The lowest BCUT2D eigenvalue weighted by Crippen LogP contribution is -2.20. The average molecular weight is 241 g/mol. The lowest BCUT2D eigenvalue weighted by Gasteiger charge is -2.17. The molecule has 15 heavy (non-hydrogen) atoms. The Labute approximate surface area is 99.8 Å². The molecule has 1 aliphatic rings. The number of anilines is 1. The van der Waals surface area contributed by atoms with Gasteiger partial charge in [0.05, 0.1) is 10.6 Å². The highest BCUT2D eigenvalue weighted by atomic mass is 35.5. The van der Waals surface area contributed by atoms with Crippen LogP contribution in [0.15, 0.2) is 18.2 Å². The van der Waals surface area contributed by atoms with Crippen molar-refractivity contribution in [3.63, 3.8) is 0 Å². The lowest BCUT2D eigenvalue weighted by atomic mass is 10.1. The van der Waals surface area contributed by atoms with E-state index in [4.69, 9.17) is 29.6 Å². The minimum Gasteiger partial charge on any atom is -0.389 e. The Morgan fingerprint density at radius 3 is 2.73 bits per heavy atom. The summed E-state index contributed by atoms with van der Waals surface area (Å²) in [4.78, 5) is 0.340. The first-order valence-corrected chi connectivity index (χ1v) is 5.67. The van der Waals surface area contributed by atoms with Gasteiger partial charge in [0.1, 0.15) is 4.99 Å². The van der Waals surface area contributed by atoms with Crippen LogP contribution in [0.2, 0.25) is 5.02 Å². The van der Waals surface area contributed by atoms with Crippen LogP contribution in [0.25, 0.3) is 0 Å². The van der Waals surface area contributed by atoms with E-state index in [0.717, 1.165) is 11.3 Å². The molecule has 2 nitrogen and oxygen atoms in total. The Hall–Kier alpha value is -0.800. The van der Waals surface area contributed by atoms with Gasteiger partial charge in [0.15, 0.2) is 0 Å². The highest BCUT2D eigenvalue weighted by Crippen LogP contribution is 2.39. The molecule has 0 saturated heterocycles. The summed E-state index contributed by atoms with van der Waals surface area (Å²) in [6.45, 7) is 2.18. The van der Waals surface area contributed by atoms with Gasteiger partial charge in [-0.25, -0.2) is 0 Å². The largest absolute Gasteiger partial charge is 0.389 e. The van der Waals surface area contributed by atoms with Crippen molar-refractivity contribution in [2.45, 2.75) is 25.3 Å². The normalized spacial score (nSPS) is 17.2. The molecule has 1 aromatic rings. The maximum Gasteiger partial charge on any atom is 0.107 e. The second-order valence-electron chi connectivity index (χ2n) is 4.21. The number of benzene rings is 1. The zero-order valence-electron chi connectivity index (χ0n) is 8.51. The Balaban J connectivity index is 2.37. The van der Waals surface area contributed by atoms with Crippen LogP contribution in [0.1, 0.15) is 25.3 Å². The van der Waals surface area contributed by atoms with E-state index in [2.05, 4.69) is 12.2 Å². The third kappa shape index (κ3) is 2.24. The summed E-state index contributed by atoms with van der Waals surface area (Å²) < 4.78 is 0. The summed E-state index contributed by atoms with van der Waals surface area (Å²) >= 11 is 11.1. The van der Waals surface area contributed by atoms with Crippen LogP contribution < -0.4 is 11.1 Å². The van der Waals surface area contributed by atoms with Crippen molar-refractivity contribution >= 4 is 34.5 Å². The molecular formula is C11H13ClN2S. The maximum atomic E-state index is 6.07. The van der Waals surface area contributed by atoms with Gasteiger partial charge in [-0.2, -0.15) is 0 Å². The molecule has 1 aromatic carbocycles. The van der Waals surface area contributed by atoms with E-state index in [9.17, 15) is 0 Å². The minimum absolute atomic E-state index is 0.199. The number of nitrogens with two attached hydrogens (primary N) is 1. The molecule has 0 radical (unpaired) electrons. The summed E-state index contributed by atoms with van der Waals surface area (Å²) in [5.74, 6) is 0. The first-order chi connectivity index (χ1) is 7.02. The van der Waals surface area contributed by atoms with E-state index in [0.29, 0.717) is 10.0 Å². The van der Waals surface area contributed by atoms with Gasteiger partial charge >= 0.3 is 0 Å². The highest BCUT2D eigenvalue weighted by Gasteiger charge is 2.37. The van der Waals surface area contributed by atoms with E-state index < -0.39 is 0 Å². The van der Waals surface area contributed by atoms with Crippen LogP contribution in [-0.2, 0) is 0 Å². The van der Waals surface area contributed by atoms with E-state index in [1.807, 2.05) is 12.1 Å². The molecule has 2 rings (SSSR count). The van der Waals surface area contributed by atoms with E-state index in [1.54, 1.807) is 6.07 Å². The van der Waals surface area contributed by atoms with Crippen molar-refractivity contribution in [2.75, 3.05) is 5.32 Å². The summed E-state index contributed by atoms with van der Waals surface area (Å²) in [7, 11) is 0. The molecule has 0 bridgehead atoms. The molecule has 4 heteroatoms. The number of hydrogen-bond donors (Lipinski definition) is 2. The molecule has 0 amide bonds. The van der Waals surface area contributed by atoms with Crippen LogP contribution in [0.3, 0.4) is 0 Å². The van der Waals surface area contributed by atoms with Crippen molar-refractivity contribution in [1.29, 1.82) is 0 Å². The average Bonchev–Trinajstić information content (AvgIpc) is 2.82. The SMILES string of the molecule is CC1(Nc2cccc(Cl)c2C(N)=S)CC1. The molecule has 0 unspecified atom stereocenters. The van der Waals surface area contributed by atoms with Crippen molar-refractivity contribution < 1.29 is 0 Å². The minimum atomic E-state index is 0.199. The Morgan fingerprint density at radius 2 is 2.20 bits per heavy atom. The van der Waals surface area contributed by atoms with E-state index in [1.165, 1.54) is 12.8 Å². The molecule has 1 saturated carbocycles. The van der Waals surface area contributed by atoms with Gasteiger partial charge in [-0.15, -0.1) is 0 Å². The van der Waals surface area contributed by atoms with Gasteiger partial charge in [-0.1, -0.05) is 29.9 Å². The van der Waals surface area contributed by atoms with Gasteiger partial charge in [-0.05, 0) is 31.9 Å². The number of hydrogen-bond acceptors (Lipinski definition) is 2. The van der Waals surface area contributed by atoms with Gasteiger partial charge in [0.2, 0.25) is 0 Å². The van der Waals surface area contributed by atoms with Crippen molar-refractivity contribution in [3.05, 3.63) is 28.8 Å². The molecule has 0 aliphatic heterocycles. The van der Waals surface area contributed by atoms with Crippen LogP contribution in [0, 0.1) is 0 Å². The van der Waals surface area contributed by atoms with Crippen LogP contribution >= 0.6 is 23.8 Å². The lowest BCUT2D eigenvalue weighted by molar-refractivity contribution is 0.829. The van der Waals surface area contributed by atoms with Gasteiger partial charge in [0, 0.05) is 11.2 Å². The van der Waals surface area contributed by atoms with Gasteiger partial charge in [0.25, 0.3) is 0 Å². The predicted molar refractivity (Wildman–Crippen MR) is 68.6 cm³/mol. The molecule has 1 aliphatic carbocycles. The van der Waals surface area contributed by atoms with Crippen LogP contribution in [0.4, 0.5) is 5.69 Å². The van der Waals surface area contributed by atoms with E-state index >= 15 is 0 Å². The number of halogens is 1. The van der Waals surface area contributed by atoms with Crippen molar-refractivity contribution in [3.8, 4) is 0 Å². The molecule has 80 valence electrons. The first kappa shape index (κ1) is 10.7. The molecular weight excluding hydrogens is 228 g/mol. The second kappa shape index (κ2) is 3.65. The van der Waals surface area contributed by atoms with Gasteiger partial charge in [-0.3, -0.25) is 0 Å². The standard InChI is InChI=1S/C11H13ClN2S/c1-11(5-6-11)14-8-4-2-3-7(12)9(8)10(13)15/h2-4,14H,5-6H2,1H3,(H2,13,15). The summed E-state index contributed by atoms with van der Waals surface area (Å²) in [5.41, 5.74) is 7.55. The Kier molecular flexibility index (Phi) is 2.61. The van der Waals surface area contributed by atoms with Gasteiger partial charge < -0.3 is 11.1 Å². The Bertz CT molecular complexity index is 413. The Morgan fingerprint density at radius 1 is 1.53 bits per heavy atom. The molecule has 0 spiro atoms. The zero-order chi connectivity index (χ0) is 11.1. The monoisotopic (exact) mass is 240 g/mol. The quantitative estimate of drug-likeness (QED) is 0.798. The number of rotatable bonds is 3. The summed E-state index contributed by atoms with van der Waals surface area (Å²) in [6, 6.07) is 5.67. The molecule has 1 fully saturated rings. The summed E-state index contributed by atoms with van der Waals surface area (Å²) in [6.07, 6.45) is 2.35. The number of thiocarbonyl (C=S) groups is 1. The fourth-order valence-corrected chi connectivity index (χ4v) is 2.07. The molecule has 3 N–H and O–H groups in total. The predicted octanol–water partition coefficient (Wildman–Crippen LogP) is 2.94. The summed E-state index contributed by atoms with van der Waals surface area (Å²) in [5, 5.41) is 4.04. The smallest absolute Gasteiger partial charge is 0.107 e. The first-order valence-electron chi connectivity index (χ1n) is 4.88. The maximum absolute atomic E-state index is 6.07. The van der Waals surface area contributed by atoms with Crippen molar-refractivity contribution in [1.82, 2.24) is 0 Å². The third-order valence-electron chi connectivity index (χ3n) is 2.70. The van der Waals surface area contributed by atoms with E-state index in [-0.39, 0.29) is 5.54 Å². The molecule has 0 heterocycles. The molecule has 0 atom stereocenters. The van der Waals surface area contributed by atoms with Crippen molar-refractivity contribution in [2.24, 2.45) is 5.73 Å². The number of nitrogens with one attached hydrogen (secondary N) is 1. The highest BCUT2D eigenvalue weighted by molar-refractivity contribution is 7.80. The zero-order valence-corrected chi connectivity index (χ0v) is 10.1. The fraction of sp³-hybridized carbons (Fsp3) is 0.364. The third-order valence-corrected chi connectivity index (χ3v) is 3.22. The van der Waals surface area contributed by atoms with Crippen LogP contribution in [-0.4, -0.2) is 10.5 Å². The van der Waals surface area contributed by atoms with Crippen LogP contribution in [0.5, 0.6) is 0 Å². The second-order valence-corrected chi connectivity index (χ2v) is 5.06. The molecule has 0 aromatic heterocycles. The fourth-order valence-electron chi connectivity index (χ4n) is 1.52.